The summed E-state index contributed by atoms with van der Waals surface area (Å²) >= 11 is 0. The molecule has 19 heavy (non-hydrogen) atoms. The van der Waals surface area contributed by atoms with Crippen LogP contribution in [0.2, 0.25) is 0 Å². The SMILES string of the molecule is Cc1ccc(CNCCCOC(=O)CC(C)C)cc1. The minimum atomic E-state index is -0.0893. The van der Waals surface area contributed by atoms with E-state index in [9.17, 15) is 4.79 Å². The van der Waals surface area contributed by atoms with Gasteiger partial charge in [-0.2, -0.15) is 0 Å². The Hall–Kier alpha value is -1.35. The third-order valence-electron chi connectivity index (χ3n) is 2.79. The van der Waals surface area contributed by atoms with E-state index in [1.54, 1.807) is 0 Å². The van der Waals surface area contributed by atoms with Gasteiger partial charge in [-0.05, 0) is 31.4 Å². The average molecular weight is 263 g/mol. The van der Waals surface area contributed by atoms with E-state index in [-0.39, 0.29) is 5.97 Å². The van der Waals surface area contributed by atoms with Crippen molar-refractivity contribution in [2.75, 3.05) is 13.2 Å². The van der Waals surface area contributed by atoms with Crippen LogP contribution in [0.15, 0.2) is 24.3 Å². The van der Waals surface area contributed by atoms with Crippen LogP contribution in [-0.2, 0) is 16.1 Å². The second-order valence-electron chi connectivity index (χ2n) is 5.33. The number of esters is 1. The van der Waals surface area contributed by atoms with Crippen molar-refractivity contribution in [1.29, 1.82) is 0 Å². The van der Waals surface area contributed by atoms with E-state index in [1.807, 2.05) is 13.8 Å². The molecule has 0 unspecified atom stereocenters. The van der Waals surface area contributed by atoms with Gasteiger partial charge in [0.15, 0.2) is 0 Å². The third-order valence-corrected chi connectivity index (χ3v) is 2.79. The van der Waals surface area contributed by atoms with Gasteiger partial charge in [-0.1, -0.05) is 43.7 Å². The molecule has 0 heterocycles. The molecule has 0 spiro atoms. The first-order valence-corrected chi connectivity index (χ1v) is 7.00. The van der Waals surface area contributed by atoms with Crippen LogP contribution >= 0.6 is 0 Å². The molecule has 0 aromatic heterocycles. The topological polar surface area (TPSA) is 38.3 Å². The maximum absolute atomic E-state index is 11.3. The molecule has 0 bridgehead atoms. The second kappa shape index (κ2) is 8.70. The summed E-state index contributed by atoms with van der Waals surface area (Å²) in [6.07, 6.45) is 1.37. The number of benzene rings is 1. The molecule has 1 rings (SSSR count). The fraction of sp³-hybridized carbons (Fsp3) is 0.562. The quantitative estimate of drug-likeness (QED) is 0.578. The van der Waals surface area contributed by atoms with Gasteiger partial charge in [-0.25, -0.2) is 0 Å². The molecule has 0 aliphatic carbocycles. The monoisotopic (exact) mass is 263 g/mol. The lowest BCUT2D eigenvalue weighted by Gasteiger charge is -2.07. The van der Waals surface area contributed by atoms with Crippen LogP contribution in [0, 0.1) is 12.8 Å². The lowest BCUT2D eigenvalue weighted by Crippen LogP contribution is -2.17. The van der Waals surface area contributed by atoms with Crippen LogP contribution < -0.4 is 5.32 Å². The Morgan fingerprint density at radius 3 is 2.58 bits per heavy atom. The Balaban J connectivity index is 2.02. The van der Waals surface area contributed by atoms with Gasteiger partial charge in [0.25, 0.3) is 0 Å². The van der Waals surface area contributed by atoms with Gasteiger partial charge in [0.2, 0.25) is 0 Å². The summed E-state index contributed by atoms with van der Waals surface area (Å²) in [5, 5.41) is 3.34. The van der Waals surface area contributed by atoms with E-state index < -0.39 is 0 Å². The highest BCUT2D eigenvalue weighted by molar-refractivity contribution is 5.69. The molecule has 1 N–H and O–H groups in total. The number of rotatable bonds is 8. The summed E-state index contributed by atoms with van der Waals surface area (Å²) in [4.78, 5) is 11.3. The van der Waals surface area contributed by atoms with Crippen LogP contribution in [0.3, 0.4) is 0 Å². The van der Waals surface area contributed by atoms with E-state index >= 15 is 0 Å². The van der Waals surface area contributed by atoms with Crippen molar-refractivity contribution in [3.05, 3.63) is 35.4 Å². The molecule has 3 heteroatoms. The lowest BCUT2D eigenvalue weighted by molar-refractivity contribution is -0.144. The van der Waals surface area contributed by atoms with E-state index in [0.29, 0.717) is 18.9 Å². The number of nitrogens with one attached hydrogen (secondary N) is 1. The highest BCUT2D eigenvalue weighted by Gasteiger charge is 2.05. The van der Waals surface area contributed by atoms with Crippen LogP contribution in [0.5, 0.6) is 0 Å². The predicted octanol–water partition coefficient (Wildman–Crippen LogP) is 3.06. The molecular weight excluding hydrogens is 238 g/mol. The summed E-state index contributed by atoms with van der Waals surface area (Å²) in [7, 11) is 0. The van der Waals surface area contributed by atoms with Crippen molar-refractivity contribution in [3.8, 4) is 0 Å². The van der Waals surface area contributed by atoms with Gasteiger partial charge in [-0.15, -0.1) is 0 Å². The first-order valence-electron chi connectivity index (χ1n) is 7.00. The van der Waals surface area contributed by atoms with E-state index in [1.165, 1.54) is 11.1 Å². The Kier molecular flexibility index (Phi) is 7.19. The maximum atomic E-state index is 11.3. The van der Waals surface area contributed by atoms with Crippen LogP contribution in [0.1, 0.15) is 37.8 Å². The van der Waals surface area contributed by atoms with Crippen molar-refractivity contribution in [3.63, 3.8) is 0 Å². The first kappa shape index (κ1) is 15.7. The van der Waals surface area contributed by atoms with Crippen molar-refractivity contribution in [1.82, 2.24) is 5.32 Å². The highest BCUT2D eigenvalue weighted by atomic mass is 16.5. The summed E-state index contributed by atoms with van der Waals surface area (Å²) in [5.74, 6) is 0.278. The Bertz CT molecular complexity index is 371. The zero-order valence-electron chi connectivity index (χ0n) is 12.2. The molecule has 1 aromatic rings. The molecule has 0 saturated carbocycles. The van der Waals surface area contributed by atoms with E-state index in [4.69, 9.17) is 4.74 Å². The van der Waals surface area contributed by atoms with Gasteiger partial charge in [-0.3, -0.25) is 4.79 Å². The van der Waals surface area contributed by atoms with Crippen LogP contribution in [0.4, 0.5) is 0 Å². The van der Waals surface area contributed by atoms with Crippen molar-refractivity contribution >= 4 is 5.97 Å². The minimum absolute atomic E-state index is 0.0893. The van der Waals surface area contributed by atoms with Crippen molar-refractivity contribution in [2.24, 2.45) is 5.92 Å². The average Bonchev–Trinajstić information content (AvgIpc) is 2.35. The number of carbonyl (C=O) groups excluding carboxylic acids is 1. The maximum Gasteiger partial charge on any atom is 0.306 e. The summed E-state index contributed by atoms with van der Waals surface area (Å²) in [5.41, 5.74) is 2.56. The number of aryl methyl sites for hydroxylation is 1. The van der Waals surface area contributed by atoms with Crippen LogP contribution in [-0.4, -0.2) is 19.1 Å². The van der Waals surface area contributed by atoms with Gasteiger partial charge in [0.05, 0.1) is 6.61 Å². The number of ether oxygens (including phenoxy) is 1. The molecule has 0 aliphatic rings. The second-order valence-corrected chi connectivity index (χ2v) is 5.33. The van der Waals surface area contributed by atoms with Gasteiger partial charge in [0.1, 0.15) is 0 Å². The van der Waals surface area contributed by atoms with E-state index in [2.05, 4.69) is 36.5 Å². The molecule has 106 valence electrons. The number of carbonyl (C=O) groups is 1. The predicted molar refractivity (Wildman–Crippen MR) is 77.9 cm³/mol. The largest absolute Gasteiger partial charge is 0.466 e. The lowest BCUT2D eigenvalue weighted by atomic mass is 10.1. The van der Waals surface area contributed by atoms with Gasteiger partial charge < -0.3 is 10.1 Å². The molecule has 0 radical (unpaired) electrons. The molecule has 1 aromatic carbocycles. The number of hydrogen-bond donors (Lipinski definition) is 1. The summed E-state index contributed by atoms with van der Waals surface area (Å²) < 4.78 is 5.14. The molecule has 0 saturated heterocycles. The zero-order chi connectivity index (χ0) is 14.1. The number of hydrogen-bond acceptors (Lipinski definition) is 3. The minimum Gasteiger partial charge on any atom is -0.466 e. The third kappa shape index (κ3) is 7.62. The molecule has 0 atom stereocenters. The van der Waals surface area contributed by atoms with E-state index in [0.717, 1.165) is 19.5 Å². The van der Waals surface area contributed by atoms with Crippen molar-refractivity contribution in [2.45, 2.75) is 40.2 Å². The summed E-state index contributed by atoms with van der Waals surface area (Å²) in [6.45, 7) is 8.35. The van der Waals surface area contributed by atoms with Gasteiger partial charge in [0, 0.05) is 13.0 Å². The fourth-order valence-corrected chi connectivity index (χ4v) is 1.71. The zero-order valence-corrected chi connectivity index (χ0v) is 12.2. The highest BCUT2D eigenvalue weighted by Crippen LogP contribution is 2.03. The standard InChI is InChI=1S/C16H25NO2/c1-13(2)11-16(18)19-10-4-9-17-12-15-7-5-14(3)6-8-15/h5-8,13,17H,4,9-12H2,1-3H3. The Morgan fingerprint density at radius 2 is 1.95 bits per heavy atom. The first-order chi connectivity index (χ1) is 9.08. The smallest absolute Gasteiger partial charge is 0.306 e. The molecule has 0 fully saturated rings. The molecule has 3 nitrogen and oxygen atoms in total. The molecule has 0 aliphatic heterocycles. The Morgan fingerprint density at radius 1 is 1.26 bits per heavy atom. The van der Waals surface area contributed by atoms with Gasteiger partial charge >= 0.3 is 5.97 Å². The molecular formula is C16H25NO2. The van der Waals surface area contributed by atoms with Crippen LogP contribution in [0.25, 0.3) is 0 Å². The normalized spacial score (nSPS) is 10.7. The van der Waals surface area contributed by atoms with Crippen molar-refractivity contribution < 1.29 is 9.53 Å². The molecule has 0 amide bonds. The fourth-order valence-electron chi connectivity index (χ4n) is 1.71. The summed E-state index contributed by atoms with van der Waals surface area (Å²) in [6, 6.07) is 8.49. The Labute approximate surface area is 116 Å².